The number of aliphatic imine (C=N–C) groups is 2. The lowest BCUT2D eigenvalue weighted by atomic mass is 10.2. The van der Waals surface area contributed by atoms with Crippen LogP contribution >= 0.6 is 11.3 Å². The van der Waals surface area contributed by atoms with Gasteiger partial charge in [-0.3, -0.25) is 0 Å². The van der Waals surface area contributed by atoms with Crippen LogP contribution in [0.15, 0.2) is 82.5 Å². The van der Waals surface area contributed by atoms with Gasteiger partial charge < -0.3 is 20.3 Å². The summed E-state index contributed by atoms with van der Waals surface area (Å²) < 4.78 is 6.57. The Bertz CT molecular complexity index is 1170. The molecule has 8 heteroatoms. The molecule has 5 rings (SSSR count). The van der Waals surface area contributed by atoms with E-state index < -0.39 is 5.97 Å². The summed E-state index contributed by atoms with van der Waals surface area (Å²) >= 11 is 1.57. The fraction of sp³-hybridized carbons (Fsp3) is 0.174. The molecular weight excluding hydrogens is 410 g/mol. The van der Waals surface area contributed by atoms with E-state index >= 15 is 0 Å². The molecule has 1 aromatic heterocycles. The lowest BCUT2D eigenvalue weighted by Gasteiger charge is -2.34. The molecule has 0 amide bonds. The van der Waals surface area contributed by atoms with Crippen molar-refractivity contribution in [1.29, 1.82) is 0 Å². The van der Waals surface area contributed by atoms with Crippen molar-refractivity contribution in [3.05, 3.63) is 77.4 Å². The van der Waals surface area contributed by atoms with E-state index in [0.717, 1.165) is 33.7 Å². The van der Waals surface area contributed by atoms with Gasteiger partial charge in [-0.15, -0.1) is 11.3 Å². The molecule has 3 aromatic rings. The van der Waals surface area contributed by atoms with Crippen molar-refractivity contribution in [2.45, 2.75) is 0 Å². The second kappa shape index (κ2) is 8.23. The quantitative estimate of drug-likeness (QED) is 0.298. The summed E-state index contributed by atoms with van der Waals surface area (Å²) in [7, 11) is 0. The first-order chi connectivity index (χ1) is 15.2. The minimum atomic E-state index is -0.417. The topological polar surface area (TPSA) is 83.5 Å². The van der Waals surface area contributed by atoms with Crippen LogP contribution in [0.2, 0.25) is 0 Å². The Morgan fingerprint density at radius 1 is 1.06 bits per heavy atom. The fourth-order valence-electron chi connectivity index (χ4n) is 3.55. The second-order valence-electron chi connectivity index (χ2n) is 7.30. The Labute approximate surface area is 183 Å². The molecule has 0 aliphatic carbocycles. The lowest BCUT2D eigenvalue weighted by Crippen LogP contribution is -2.49. The third-order valence-electron chi connectivity index (χ3n) is 5.20. The number of carbonyl (C=O) groups excluding carboxylic acids is 1. The van der Waals surface area contributed by atoms with Crippen molar-refractivity contribution in [1.82, 2.24) is 9.80 Å². The molecular formula is C23H21N5O2S. The van der Waals surface area contributed by atoms with Crippen LogP contribution in [-0.4, -0.2) is 53.8 Å². The number of benzene rings is 2. The minimum absolute atomic E-state index is 0.326. The van der Waals surface area contributed by atoms with Crippen LogP contribution in [-0.2, 0) is 9.53 Å². The van der Waals surface area contributed by atoms with Crippen molar-refractivity contribution in [3.63, 3.8) is 0 Å². The zero-order valence-electron chi connectivity index (χ0n) is 16.8. The number of rotatable bonds is 3. The molecule has 0 radical (unpaired) electrons. The number of para-hydroxylation sites is 1. The van der Waals surface area contributed by atoms with Gasteiger partial charge in [0.25, 0.3) is 0 Å². The number of ether oxygens (including phenoxy) is 1. The SMILES string of the molecule is NC(=Nc1ccccc1)N1CCN(C=C2N=C(c3cc4ccccc4s3)OC2=O)CC1. The van der Waals surface area contributed by atoms with Gasteiger partial charge in [-0.05, 0) is 29.7 Å². The Kier molecular flexibility index (Phi) is 5.13. The average molecular weight is 432 g/mol. The largest absolute Gasteiger partial charge is 0.401 e. The molecule has 2 aliphatic rings. The fourth-order valence-corrected chi connectivity index (χ4v) is 4.54. The Morgan fingerprint density at radius 2 is 1.81 bits per heavy atom. The Balaban J connectivity index is 1.26. The number of cyclic esters (lactones) is 1. The van der Waals surface area contributed by atoms with Gasteiger partial charge in [0.15, 0.2) is 11.7 Å². The van der Waals surface area contributed by atoms with E-state index in [0.29, 0.717) is 30.6 Å². The number of fused-ring (bicyclic) bond motifs is 1. The van der Waals surface area contributed by atoms with Gasteiger partial charge in [0.05, 0.1) is 10.6 Å². The highest BCUT2D eigenvalue weighted by molar-refractivity contribution is 7.20. The maximum Gasteiger partial charge on any atom is 0.365 e. The molecule has 3 heterocycles. The number of carbonyl (C=O) groups is 1. The average Bonchev–Trinajstić information content (AvgIpc) is 3.38. The number of esters is 1. The first kappa shape index (κ1) is 19.3. The first-order valence-electron chi connectivity index (χ1n) is 10.1. The monoisotopic (exact) mass is 431 g/mol. The van der Waals surface area contributed by atoms with E-state index in [1.54, 1.807) is 17.5 Å². The predicted octanol–water partition coefficient (Wildman–Crippen LogP) is 3.31. The van der Waals surface area contributed by atoms with E-state index in [2.05, 4.69) is 14.9 Å². The summed E-state index contributed by atoms with van der Waals surface area (Å²) in [5, 5.41) is 1.12. The number of piperazine rings is 1. The van der Waals surface area contributed by atoms with Gasteiger partial charge in [0.2, 0.25) is 5.90 Å². The highest BCUT2D eigenvalue weighted by Crippen LogP contribution is 2.28. The van der Waals surface area contributed by atoms with Crippen molar-refractivity contribution in [3.8, 4) is 0 Å². The zero-order chi connectivity index (χ0) is 21.2. The number of hydrogen-bond donors (Lipinski definition) is 1. The van der Waals surface area contributed by atoms with Crippen LogP contribution in [0.5, 0.6) is 0 Å². The normalized spacial score (nSPS) is 18.6. The molecule has 0 atom stereocenters. The van der Waals surface area contributed by atoms with Crippen LogP contribution in [0.4, 0.5) is 5.69 Å². The molecule has 0 saturated carbocycles. The van der Waals surface area contributed by atoms with Crippen LogP contribution in [0, 0.1) is 0 Å². The van der Waals surface area contributed by atoms with Crippen LogP contribution in [0.25, 0.3) is 10.1 Å². The smallest absolute Gasteiger partial charge is 0.365 e. The van der Waals surface area contributed by atoms with Gasteiger partial charge in [-0.2, -0.15) is 0 Å². The Hall–Kier alpha value is -3.65. The number of nitrogens with zero attached hydrogens (tertiary/aromatic N) is 4. The number of hydrogen-bond acceptors (Lipinski definition) is 6. The van der Waals surface area contributed by atoms with E-state index in [9.17, 15) is 4.79 Å². The number of thiophene rings is 1. The summed E-state index contributed by atoms with van der Waals surface area (Å²) in [5.74, 6) is 0.458. The molecule has 0 spiro atoms. The van der Waals surface area contributed by atoms with E-state index in [1.165, 1.54) is 0 Å². The maximum atomic E-state index is 12.3. The maximum absolute atomic E-state index is 12.3. The van der Waals surface area contributed by atoms with Gasteiger partial charge in [-0.1, -0.05) is 36.4 Å². The highest BCUT2D eigenvalue weighted by atomic mass is 32.1. The zero-order valence-corrected chi connectivity index (χ0v) is 17.6. The van der Waals surface area contributed by atoms with Crippen LogP contribution in [0.3, 0.4) is 0 Å². The van der Waals surface area contributed by atoms with Gasteiger partial charge in [-0.25, -0.2) is 14.8 Å². The molecule has 0 bridgehead atoms. The van der Waals surface area contributed by atoms with E-state index in [1.807, 2.05) is 65.6 Å². The van der Waals surface area contributed by atoms with Gasteiger partial charge in [0, 0.05) is 37.1 Å². The number of guanidine groups is 1. The van der Waals surface area contributed by atoms with Gasteiger partial charge >= 0.3 is 5.97 Å². The van der Waals surface area contributed by atoms with Crippen LogP contribution < -0.4 is 5.73 Å². The highest BCUT2D eigenvalue weighted by Gasteiger charge is 2.27. The van der Waals surface area contributed by atoms with E-state index in [-0.39, 0.29) is 0 Å². The molecule has 0 unspecified atom stereocenters. The summed E-state index contributed by atoms with van der Waals surface area (Å²) in [6.07, 6.45) is 1.78. The lowest BCUT2D eigenvalue weighted by molar-refractivity contribution is -0.130. The molecule has 31 heavy (non-hydrogen) atoms. The summed E-state index contributed by atoms with van der Waals surface area (Å²) in [5.41, 5.74) is 7.33. The molecule has 1 saturated heterocycles. The van der Waals surface area contributed by atoms with Crippen molar-refractivity contribution >= 4 is 44.9 Å². The third kappa shape index (κ3) is 4.15. The summed E-state index contributed by atoms with van der Waals surface area (Å²) in [4.78, 5) is 26.2. The molecule has 2 aliphatic heterocycles. The molecule has 2 N–H and O–H groups in total. The third-order valence-corrected chi connectivity index (χ3v) is 6.30. The Morgan fingerprint density at radius 3 is 2.58 bits per heavy atom. The summed E-state index contributed by atoms with van der Waals surface area (Å²) in [6, 6.07) is 19.7. The van der Waals surface area contributed by atoms with Gasteiger partial charge in [0.1, 0.15) is 0 Å². The summed E-state index contributed by atoms with van der Waals surface area (Å²) in [6.45, 7) is 2.87. The standard InChI is InChI=1S/C23H21N5O2S/c24-23(25-17-7-2-1-3-8-17)28-12-10-27(11-13-28)15-18-22(29)30-21(26-18)20-14-16-6-4-5-9-19(16)31-20/h1-9,14-15H,10-13H2,(H2,24,25). The van der Waals surface area contributed by atoms with Crippen molar-refractivity contribution < 1.29 is 9.53 Å². The van der Waals surface area contributed by atoms with Crippen LogP contribution in [0.1, 0.15) is 4.88 Å². The second-order valence-corrected chi connectivity index (χ2v) is 8.38. The molecule has 7 nitrogen and oxygen atoms in total. The molecule has 2 aromatic carbocycles. The first-order valence-corrected chi connectivity index (χ1v) is 10.9. The van der Waals surface area contributed by atoms with E-state index in [4.69, 9.17) is 10.5 Å². The molecule has 1 fully saturated rings. The molecule has 156 valence electrons. The minimum Gasteiger partial charge on any atom is -0.401 e. The number of nitrogens with two attached hydrogens (primary N) is 1. The van der Waals surface area contributed by atoms with Crippen molar-refractivity contribution in [2.24, 2.45) is 15.7 Å². The predicted molar refractivity (Wildman–Crippen MR) is 123 cm³/mol. The van der Waals surface area contributed by atoms with Crippen molar-refractivity contribution in [2.75, 3.05) is 26.2 Å².